The molecule has 0 bridgehead atoms. The maximum absolute atomic E-state index is 13.3. The maximum atomic E-state index is 13.3. The summed E-state index contributed by atoms with van der Waals surface area (Å²) in [5.74, 6) is -1.32. The molecule has 8 heteroatoms. The van der Waals surface area contributed by atoms with Crippen molar-refractivity contribution in [3.8, 4) is 0 Å². The lowest BCUT2D eigenvalue weighted by Crippen LogP contribution is -2.58. The first kappa shape index (κ1) is 20.9. The van der Waals surface area contributed by atoms with Crippen molar-refractivity contribution in [3.63, 3.8) is 0 Å². The van der Waals surface area contributed by atoms with Gasteiger partial charge in [-0.05, 0) is 51.9 Å². The predicted molar refractivity (Wildman–Crippen MR) is 101 cm³/mol. The van der Waals surface area contributed by atoms with E-state index < -0.39 is 41.8 Å². The topological polar surface area (TPSA) is 105 Å². The first-order valence-corrected chi connectivity index (χ1v) is 10.0. The summed E-state index contributed by atoms with van der Waals surface area (Å²) in [6, 6.07) is -1.86. The molecule has 2 amide bonds. The standard InChI is InChI=1S/C20H32N2O6/c1-10(27-11-7-8-11)14(21-18(26)28-19(2,3)4)16(23)22-9-12-13(20(12,5)6)15(22)17(24)25/h10-15H,7-9H2,1-6H3,(H,21,26)(H,24,25)/t10-,12+,13+,14?,15+/m1/s1. The van der Waals surface area contributed by atoms with Crippen molar-refractivity contribution in [3.05, 3.63) is 0 Å². The van der Waals surface area contributed by atoms with E-state index in [0.717, 1.165) is 12.8 Å². The molecular formula is C20H32N2O6. The van der Waals surface area contributed by atoms with Gasteiger partial charge in [0, 0.05) is 12.5 Å². The minimum Gasteiger partial charge on any atom is -0.480 e. The molecule has 0 spiro atoms. The molecule has 3 aliphatic rings. The smallest absolute Gasteiger partial charge is 0.408 e. The Kier molecular flexibility index (Phi) is 5.15. The molecule has 1 saturated heterocycles. The lowest BCUT2D eigenvalue weighted by molar-refractivity contribution is -0.152. The summed E-state index contributed by atoms with van der Waals surface area (Å²) in [6.07, 6.45) is 0.655. The van der Waals surface area contributed by atoms with Crippen LogP contribution in [-0.2, 0) is 19.1 Å². The highest BCUT2D eigenvalue weighted by Gasteiger charge is 2.70. The van der Waals surface area contributed by atoms with E-state index in [9.17, 15) is 19.5 Å². The van der Waals surface area contributed by atoms with Gasteiger partial charge in [0.1, 0.15) is 17.7 Å². The number of alkyl carbamates (subject to hydrolysis) is 1. The molecule has 2 N–H and O–H groups in total. The number of hydrogen-bond donors (Lipinski definition) is 2. The van der Waals surface area contributed by atoms with Gasteiger partial charge in [-0.25, -0.2) is 9.59 Å². The normalized spacial score (nSPS) is 30.2. The Balaban J connectivity index is 1.76. The summed E-state index contributed by atoms with van der Waals surface area (Å²) in [5.41, 5.74) is -0.786. The quantitative estimate of drug-likeness (QED) is 0.712. The fraction of sp³-hybridized carbons (Fsp3) is 0.850. The van der Waals surface area contributed by atoms with Crippen LogP contribution in [-0.4, -0.2) is 64.4 Å². The molecule has 0 radical (unpaired) electrons. The third-order valence-electron chi connectivity index (χ3n) is 6.08. The number of nitrogens with one attached hydrogen (secondary N) is 1. The maximum Gasteiger partial charge on any atom is 0.408 e. The summed E-state index contributed by atoms with van der Waals surface area (Å²) in [4.78, 5) is 38.9. The number of nitrogens with zero attached hydrogens (tertiary/aromatic N) is 1. The van der Waals surface area contributed by atoms with Crippen LogP contribution in [0, 0.1) is 17.3 Å². The molecule has 158 valence electrons. The molecule has 0 aromatic rings. The van der Waals surface area contributed by atoms with E-state index in [1.54, 1.807) is 27.7 Å². The van der Waals surface area contributed by atoms with E-state index >= 15 is 0 Å². The minimum absolute atomic E-state index is 0.0595. The number of likely N-dealkylation sites (tertiary alicyclic amines) is 1. The van der Waals surface area contributed by atoms with Crippen LogP contribution in [0.2, 0.25) is 0 Å². The van der Waals surface area contributed by atoms with Gasteiger partial charge in [-0.1, -0.05) is 13.8 Å². The van der Waals surface area contributed by atoms with Gasteiger partial charge < -0.3 is 24.8 Å². The average Bonchev–Trinajstić information content (AvgIpc) is 3.37. The van der Waals surface area contributed by atoms with Crippen LogP contribution in [0.15, 0.2) is 0 Å². The van der Waals surface area contributed by atoms with Gasteiger partial charge >= 0.3 is 12.1 Å². The molecule has 2 aliphatic carbocycles. The van der Waals surface area contributed by atoms with Gasteiger partial charge in [0.25, 0.3) is 0 Å². The Morgan fingerprint density at radius 3 is 2.32 bits per heavy atom. The number of ether oxygens (including phenoxy) is 2. The van der Waals surface area contributed by atoms with Crippen LogP contribution in [0.5, 0.6) is 0 Å². The van der Waals surface area contributed by atoms with Crippen molar-refractivity contribution in [1.82, 2.24) is 10.2 Å². The Hall–Kier alpha value is -1.83. The van der Waals surface area contributed by atoms with Gasteiger partial charge in [-0.2, -0.15) is 0 Å². The van der Waals surface area contributed by atoms with Crippen LogP contribution in [0.3, 0.4) is 0 Å². The van der Waals surface area contributed by atoms with Crippen LogP contribution in [0.1, 0.15) is 54.4 Å². The van der Waals surface area contributed by atoms with Gasteiger partial charge in [0.15, 0.2) is 0 Å². The predicted octanol–water partition coefficient (Wildman–Crippen LogP) is 2.01. The molecule has 3 fully saturated rings. The summed E-state index contributed by atoms with van der Waals surface area (Å²) in [7, 11) is 0. The van der Waals surface area contributed by atoms with Gasteiger partial charge in [0.2, 0.25) is 5.91 Å². The van der Waals surface area contributed by atoms with Crippen LogP contribution < -0.4 is 5.32 Å². The van der Waals surface area contributed by atoms with E-state index in [1.807, 2.05) is 13.8 Å². The Morgan fingerprint density at radius 2 is 1.82 bits per heavy atom. The highest BCUT2D eigenvalue weighted by Crippen LogP contribution is 2.64. The molecule has 1 aliphatic heterocycles. The lowest BCUT2D eigenvalue weighted by atomic mass is 10.00. The third kappa shape index (κ3) is 4.11. The van der Waals surface area contributed by atoms with Crippen LogP contribution in [0.4, 0.5) is 4.79 Å². The molecule has 5 atom stereocenters. The summed E-state index contributed by atoms with van der Waals surface area (Å²) in [5, 5.41) is 12.4. The minimum atomic E-state index is -1.00. The molecule has 0 aromatic heterocycles. The zero-order valence-corrected chi connectivity index (χ0v) is 17.5. The summed E-state index contributed by atoms with van der Waals surface area (Å²) < 4.78 is 11.1. The Labute approximate surface area is 165 Å². The first-order valence-electron chi connectivity index (χ1n) is 10.0. The fourth-order valence-electron chi connectivity index (χ4n) is 4.37. The number of piperidine rings is 1. The fourth-order valence-corrected chi connectivity index (χ4v) is 4.37. The second kappa shape index (κ2) is 6.90. The molecule has 8 nitrogen and oxygen atoms in total. The molecule has 1 heterocycles. The number of carbonyl (C=O) groups excluding carboxylic acids is 2. The number of fused-ring (bicyclic) bond motifs is 1. The van der Waals surface area contributed by atoms with Crippen molar-refractivity contribution in [2.75, 3.05) is 6.54 Å². The van der Waals surface area contributed by atoms with Gasteiger partial charge in [-0.3, -0.25) is 4.79 Å². The highest BCUT2D eigenvalue weighted by molar-refractivity contribution is 5.91. The SMILES string of the molecule is C[C@@H](OC1CC1)C(NC(=O)OC(C)(C)C)C(=O)N1C[C@H]2[C@@H]([C@H]1C(=O)O)C2(C)C. The highest BCUT2D eigenvalue weighted by atomic mass is 16.6. The number of hydrogen-bond acceptors (Lipinski definition) is 5. The van der Waals surface area contributed by atoms with E-state index in [2.05, 4.69) is 5.32 Å². The van der Waals surface area contributed by atoms with Gasteiger partial charge in [-0.15, -0.1) is 0 Å². The molecule has 28 heavy (non-hydrogen) atoms. The van der Waals surface area contributed by atoms with Crippen molar-refractivity contribution in [1.29, 1.82) is 0 Å². The Bertz CT molecular complexity index is 666. The number of carbonyl (C=O) groups is 3. The molecular weight excluding hydrogens is 364 g/mol. The van der Waals surface area contributed by atoms with Crippen LogP contribution >= 0.6 is 0 Å². The lowest BCUT2D eigenvalue weighted by Gasteiger charge is -2.34. The zero-order valence-electron chi connectivity index (χ0n) is 17.5. The monoisotopic (exact) mass is 396 g/mol. The molecule has 3 rings (SSSR count). The van der Waals surface area contributed by atoms with Crippen molar-refractivity contribution < 1.29 is 29.0 Å². The van der Waals surface area contributed by atoms with E-state index in [0.29, 0.717) is 6.54 Å². The van der Waals surface area contributed by atoms with E-state index in [1.165, 1.54) is 4.90 Å². The van der Waals surface area contributed by atoms with E-state index in [-0.39, 0.29) is 23.4 Å². The van der Waals surface area contributed by atoms with Gasteiger partial charge in [0.05, 0.1) is 12.2 Å². The summed E-state index contributed by atoms with van der Waals surface area (Å²) >= 11 is 0. The number of carboxylic acid groups (broad SMARTS) is 1. The first-order chi connectivity index (χ1) is 12.8. The van der Waals surface area contributed by atoms with Crippen molar-refractivity contribution in [2.45, 2.75) is 84.3 Å². The molecule has 1 unspecified atom stereocenters. The third-order valence-corrected chi connectivity index (χ3v) is 6.08. The number of aliphatic carboxylic acids is 1. The van der Waals surface area contributed by atoms with Crippen molar-refractivity contribution >= 4 is 18.0 Å². The molecule has 2 saturated carbocycles. The second-order valence-electron chi connectivity index (χ2n) is 9.89. The number of rotatable bonds is 6. The second-order valence-corrected chi connectivity index (χ2v) is 9.89. The number of carboxylic acids is 1. The van der Waals surface area contributed by atoms with Crippen molar-refractivity contribution in [2.24, 2.45) is 17.3 Å². The zero-order chi connectivity index (χ0) is 21.0. The summed E-state index contributed by atoms with van der Waals surface area (Å²) in [6.45, 7) is 11.4. The molecule has 0 aromatic carbocycles. The number of amides is 2. The largest absolute Gasteiger partial charge is 0.480 e. The Morgan fingerprint density at radius 1 is 1.21 bits per heavy atom. The van der Waals surface area contributed by atoms with E-state index in [4.69, 9.17) is 9.47 Å². The van der Waals surface area contributed by atoms with Crippen LogP contribution in [0.25, 0.3) is 0 Å². The average molecular weight is 396 g/mol.